The molecule has 1 aromatic carbocycles. The first-order valence-electron chi connectivity index (χ1n) is 10.2. The molecule has 0 atom stereocenters. The fourth-order valence-electron chi connectivity index (χ4n) is 3.78. The van der Waals surface area contributed by atoms with Crippen LogP contribution in [-0.4, -0.2) is 53.5 Å². The summed E-state index contributed by atoms with van der Waals surface area (Å²) >= 11 is 0. The lowest BCUT2D eigenvalue weighted by Crippen LogP contribution is -2.36. The monoisotopic (exact) mass is 401 g/mol. The zero-order valence-corrected chi connectivity index (χ0v) is 16.6. The molecule has 2 aromatic heterocycles. The van der Waals surface area contributed by atoms with Gasteiger partial charge in [0.1, 0.15) is 5.69 Å². The maximum atomic E-state index is 12.0. The number of hydrogen-bond donors (Lipinski definition) is 1. The molecule has 0 radical (unpaired) electrons. The SMILES string of the molecule is O=C1NCCn2nc(-c3ccnc(/C=C/c4ccc(N5CCOCC5)cc4)c3)cc21. The van der Waals surface area contributed by atoms with Gasteiger partial charge >= 0.3 is 0 Å². The third kappa shape index (κ3) is 3.84. The van der Waals surface area contributed by atoms with Crippen molar-refractivity contribution in [2.75, 3.05) is 37.7 Å². The summed E-state index contributed by atoms with van der Waals surface area (Å²) in [5.74, 6) is -0.0744. The number of pyridine rings is 1. The van der Waals surface area contributed by atoms with Crippen LogP contribution in [0.15, 0.2) is 48.7 Å². The zero-order valence-electron chi connectivity index (χ0n) is 16.6. The lowest BCUT2D eigenvalue weighted by molar-refractivity contribution is 0.0924. The van der Waals surface area contributed by atoms with Crippen molar-refractivity contribution in [3.8, 4) is 11.3 Å². The number of hydrogen-bond acceptors (Lipinski definition) is 5. The number of ether oxygens (including phenoxy) is 1. The zero-order chi connectivity index (χ0) is 20.3. The van der Waals surface area contributed by atoms with E-state index < -0.39 is 0 Å². The lowest BCUT2D eigenvalue weighted by Gasteiger charge is -2.28. The molecular weight excluding hydrogens is 378 g/mol. The van der Waals surface area contributed by atoms with Crippen molar-refractivity contribution in [3.63, 3.8) is 0 Å². The summed E-state index contributed by atoms with van der Waals surface area (Å²) in [5.41, 5.74) is 5.53. The number of fused-ring (bicyclic) bond motifs is 1. The molecule has 4 heterocycles. The highest BCUT2D eigenvalue weighted by atomic mass is 16.5. The molecule has 0 aliphatic carbocycles. The minimum Gasteiger partial charge on any atom is -0.378 e. The van der Waals surface area contributed by atoms with Gasteiger partial charge in [0.05, 0.1) is 31.1 Å². The lowest BCUT2D eigenvalue weighted by atomic mass is 10.1. The molecule has 2 aliphatic heterocycles. The van der Waals surface area contributed by atoms with Gasteiger partial charge in [-0.25, -0.2) is 0 Å². The Morgan fingerprint density at radius 2 is 1.83 bits per heavy atom. The van der Waals surface area contributed by atoms with Crippen LogP contribution in [0.3, 0.4) is 0 Å². The second kappa shape index (κ2) is 8.12. The van der Waals surface area contributed by atoms with Crippen LogP contribution in [0.2, 0.25) is 0 Å². The van der Waals surface area contributed by atoms with Crippen LogP contribution in [0.1, 0.15) is 21.7 Å². The van der Waals surface area contributed by atoms with Crippen molar-refractivity contribution in [2.24, 2.45) is 0 Å². The Labute approximate surface area is 175 Å². The van der Waals surface area contributed by atoms with E-state index in [1.165, 1.54) is 5.69 Å². The van der Waals surface area contributed by atoms with Gasteiger partial charge in [-0.15, -0.1) is 0 Å². The minimum atomic E-state index is -0.0744. The average molecular weight is 401 g/mol. The number of anilines is 1. The number of carbonyl (C=O) groups excluding carboxylic acids is 1. The van der Waals surface area contributed by atoms with Crippen molar-refractivity contribution in [2.45, 2.75) is 6.54 Å². The van der Waals surface area contributed by atoms with Crippen molar-refractivity contribution in [3.05, 3.63) is 65.6 Å². The Kier molecular flexibility index (Phi) is 5.03. The van der Waals surface area contributed by atoms with Crippen LogP contribution in [0.25, 0.3) is 23.4 Å². The maximum Gasteiger partial charge on any atom is 0.269 e. The fraction of sp³-hybridized carbons (Fsp3) is 0.261. The number of nitrogens with one attached hydrogen (secondary N) is 1. The number of carbonyl (C=O) groups is 1. The molecule has 1 saturated heterocycles. The van der Waals surface area contributed by atoms with E-state index in [0.717, 1.165) is 48.8 Å². The highest BCUT2D eigenvalue weighted by molar-refractivity contribution is 5.94. The smallest absolute Gasteiger partial charge is 0.269 e. The van der Waals surface area contributed by atoms with Gasteiger partial charge in [-0.05, 0) is 42.0 Å². The van der Waals surface area contributed by atoms with Gasteiger partial charge in [0, 0.05) is 37.1 Å². The van der Waals surface area contributed by atoms with E-state index >= 15 is 0 Å². The van der Waals surface area contributed by atoms with Crippen LogP contribution in [0.4, 0.5) is 5.69 Å². The van der Waals surface area contributed by atoms with Crippen LogP contribution < -0.4 is 10.2 Å². The second-order valence-electron chi connectivity index (χ2n) is 7.39. The van der Waals surface area contributed by atoms with E-state index in [4.69, 9.17) is 4.74 Å². The van der Waals surface area contributed by atoms with E-state index in [-0.39, 0.29) is 5.91 Å². The summed E-state index contributed by atoms with van der Waals surface area (Å²) < 4.78 is 7.18. The molecule has 1 fully saturated rings. The van der Waals surface area contributed by atoms with E-state index in [0.29, 0.717) is 18.8 Å². The van der Waals surface area contributed by atoms with Gasteiger partial charge in [0.15, 0.2) is 0 Å². The molecule has 0 saturated carbocycles. The molecule has 3 aromatic rings. The minimum absolute atomic E-state index is 0.0744. The van der Waals surface area contributed by atoms with Crippen molar-refractivity contribution in [1.29, 1.82) is 0 Å². The Hall–Kier alpha value is -3.45. The second-order valence-corrected chi connectivity index (χ2v) is 7.39. The highest BCUT2D eigenvalue weighted by Crippen LogP contribution is 2.22. The van der Waals surface area contributed by atoms with Gasteiger partial charge in [-0.2, -0.15) is 5.10 Å². The maximum absolute atomic E-state index is 12.0. The third-order valence-electron chi connectivity index (χ3n) is 5.41. The van der Waals surface area contributed by atoms with E-state index in [1.54, 1.807) is 10.9 Å². The molecular formula is C23H23N5O2. The number of aromatic nitrogens is 3. The summed E-state index contributed by atoms with van der Waals surface area (Å²) in [6.07, 6.45) is 5.83. The van der Waals surface area contributed by atoms with Gasteiger partial charge in [-0.3, -0.25) is 14.5 Å². The van der Waals surface area contributed by atoms with Crippen molar-refractivity contribution >= 4 is 23.7 Å². The predicted molar refractivity (Wildman–Crippen MR) is 116 cm³/mol. The fourth-order valence-corrected chi connectivity index (χ4v) is 3.78. The average Bonchev–Trinajstić information content (AvgIpc) is 3.25. The van der Waals surface area contributed by atoms with Crippen LogP contribution in [0.5, 0.6) is 0 Å². The Bertz CT molecular complexity index is 1080. The molecule has 1 N–H and O–H groups in total. The summed E-state index contributed by atoms with van der Waals surface area (Å²) in [7, 11) is 0. The van der Waals surface area contributed by atoms with Crippen molar-refractivity contribution < 1.29 is 9.53 Å². The first-order chi connectivity index (χ1) is 14.8. The molecule has 7 heteroatoms. The number of morpholine rings is 1. The van der Waals surface area contributed by atoms with Crippen LogP contribution >= 0.6 is 0 Å². The molecule has 152 valence electrons. The van der Waals surface area contributed by atoms with E-state index in [9.17, 15) is 4.79 Å². The normalized spacial score (nSPS) is 16.5. The molecule has 2 aliphatic rings. The van der Waals surface area contributed by atoms with E-state index in [2.05, 4.69) is 50.6 Å². The summed E-state index contributed by atoms with van der Waals surface area (Å²) in [5, 5.41) is 7.42. The molecule has 0 spiro atoms. The highest BCUT2D eigenvalue weighted by Gasteiger charge is 2.19. The van der Waals surface area contributed by atoms with Crippen molar-refractivity contribution in [1.82, 2.24) is 20.1 Å². The van der Waals surface area contributed by atoms with Crippen LogP contribution in [-0.2, 0) is 11.3 Å². The van der Waals surface area contributed by atoms with Gasteiger partial charge in [0.2, 0.25) is 0 Å². The first-order valence-corrected chi connectivity index (χ1v) is 10.2. The molecule has 30 heavy (non-hydrogen) atoms. The number of rotatable bonds is 4. The number of nitrogens with zero attached hydrogens (tertiary/aromatic N) is 4. The quantitative estimate of drug-likeness (QED) is 0.728. The van der Waals surface area contributed by atoms with Gasteiger partial charge < -0.3 is 15.0 Å². The Morgan fingerprint density at radius 1 is 1.00 bits per heavy atom. The predicted octanol–water partition coefficient (Wildman–Crippen LogP) is 2.70. The topological polar surface area (TPSA) is 72.3 Å². The number of benzene rings is 1. The number of amides is 1. The largest absolute Gasteiger partial charge is 0.378 e. The molecule has 0 unspecified atom stereocenters. The summed E-state index contributed by atoms with van der Waals surface area (Å²) in [4.78, 5) is 18.8. The molecule has 5 rings (SSSR count). The summed E-state index contributed by atoms with van der Waals surface area (Å²) in [6.45, 7) is 4.75. The summed E-state index contributed by atoms with van der Waals surface area (Å²) in [6, 6.07) is 14.3. The Morgan fingerprint density at radius 3 is 2.63 bits per heavy atom. The molecule has 1 amide bonds. The Balaban J connectivity index is 1.32. The molecule has 0 bridgehead atoms. The van der Waals surface area contributed by atoms with Gasteiger partial charge in [0.25, 0.3) is 5.91 Å². The third-order valence-corrected chi connectivity index (χ3v) is 5.41. The van der Waals surface area contributed by atoms with Crippen LogP contribution in [0, 0.1) is 0 Å². The molecule has 7 nitrogen and oxygen atoms in total. The van der Waals surface area contributed by atoms with Gasteiger partial charge in [-0.1, -0.05) is 18.2 Å². The standard InChI is InChI=1S/C23H23N5O2/c29-23-22-16-21(26-28(22)10-9-25-23)18-7-8-24-19(15-18)4-1-17-2-5-20(6-3-17)27-11-13-30-14-12-27/h1-8,15-16H,9-14H2,(H,25,29)/b4-1+. The van der Waals surface area contributed by atoms with E-state index in [1.807, 2.05) is 24.3 Å². The first kappa shape index (κ1) is 18.6.